The summed E-state index contributed by atoms with van der Waals surface area (Å²) in [5, 5.41) is 11.6. The van der Waals surface area contributed by atoms with Gasteiger partial charge in [0.25, 0.3) is 0 Å². The van der Waals surface area contributed by atoms with E-state index < -0.39 is 4.92 Å². The van der Waals surface area contributed by atoms with Crippen LogP contribution in [0, 0.1) is 10.1 Å². The Morgan fingerprint density at radius 1 is 1.00 bits per heavy atom. The smallest absolute Gasteiger partial charge is 0.258 e. The van der Waals surface area contributed by atoms with Crippen LogP contribution in [-0.4, -0.2) is 14.9 Å². The van der Waals surface area contributed by atoms with Gasteiger partial charge in [-0.05, 0) is 12.1 Å². The second-order valence-corrected chi connectivity index (χ2v) is 4.05. The molecule has 0 aliphatic heterocycles. The molecule has 3 aromatic rings. The molecule has 0 radical (unpaired) electrons. The van der Waals surface area contributed by atoms with E-state index in [0.29, 0.717) is 16.6 Å². The quantitative estimate of drug-likeness (QED) is 0.518. The van der Waals surface area contributed by atoms with Crippen LogP contribution in [0.4, 0.5) is 5.69 Å². The topological polar surface area (TPSA) is 68.9 Å². The number of nitro groups is 1. The molecule has 1 aromatic carbocycles. The van der Waals surface area contributed by atoms with E-state index in [1.807, 2.05) is 36.4 Å². The first-order chi connectivity index (χ1) is 9.25. The highest BCUT2D eigenvalue weighted by atomic mass is 16.6. The number of nitrogens with zero attached hydrogens (tertiary/aromatic N) is 3. The predicted molar refractivity (Wildman–Crippen MR) is 71.6 cm³/mol. The highest BCUT2D eigenvalue weighted by Gasteiger charge is 2.14. The van der Waals surface area contributed by atoms with Crippen LogP contribution in [0.3, 0.4) is 0 Å². The second-order valence-electron chi connectivity index (χ2n) is 4.05. The van der Waals surface area contributed by atoms with Crippen molar-refractivity contribution < 1.29 is 4.92 Å². The lowest BCUT2D eigenvalue weighted by atomic mass is 10.1. The minimum absolute atomic E-state index is 0.0738. The van der Waals surface area contributed by atoms with Crippen molar-refractivity contribution in [3.8, 4) is 11.3 Å². The van der Waals surface area contributed by atoms with Gasteiger partial charge in [-0.2, -0.15) is 0 Å². The van der Waals surface area contributed by atoms with Gasteiger partial charge in [-0.15, -0.1) is 0 Å². The number of rotatable bonds is 2. The fraction of sp³-hybridized carbons (Fsp3) is 0. The molecule has 0 spiro atoms. The van der Waals surface area contributed by atoms with Gasteiger partial charge in [0.15, 0.2) is 5.52 Å². The molecule has 19 heavy (non-hydrogen) atoms. The number of benzene rings is 1. The lowest BCUT2D eigenvalue weighted by Gasteiger charge is -2.03. The maximum atomic E-state index is 11.0. The summed E-state index contributed by atoms with van der Waals surface area (Å²) < 4.78 is 0. The molecule has 0 atom stereocenters. The van der Waals surface area contributed by atoms with Crippen molar-refractivity contribution >= 4 is 16.6 Å². The number of pyridine rings is 2. The first-order valence-corrected chi connectivity index (χ1v) is 5.70. The van der Waals surface area contributed by atoms with E-state index in [9.17, 15) is 10.1 Å². The summed E-state index contributed by atoms with van der Waals surface area (Å²) in [6.07, 6.45) is 2.80. The number of aromatic nitrogens is 2. The molecule has 5 nitrogen and oxygen atoms in total. The summed E-state index contributed by atoms with van der Waals surface area (Å²) >= 11 is 0. The minimum atomic E-state index is -0.461. The fourth-order valence-electron chi connectivity index (χ4n) is 1.93. The average Bonchev–Trinajstić information content (AvgIpc) is 2.47. The summed E-state index contributed by atoms with van der Waals surface area (Å²) in [7, 11) is 0. The lowest BCUT2D eigenvalue weighted by Crippen LogP contribution is -1.94. The van der Waals surface area contributed by atoms with E-state index in [4.69, 9.17) is 0 Å². The second kappa shape index (κ2) is 4.45. The van der Waals surface area contributed by atoms with Crippen molar-refractivity contribution in [2.45, 2.75) is 0 Å². The van der Waals surface area contributed by atoms with Crippen LogP contribution in [-0.2, 0) is 0 Å². The Morgan fingerprint density at radius 3 is 2.53 bits per heavy atom. The van der Waals surface area contributed by atoms with Gasteiger partial charge in [-0.25, -0.2) is 4.98 Å². The number of hydrogen-bond acceptors (Lipinski definition) is 4. The maximum Gasteiger partial charge on any atom is 0.313 e. The van der Waals surface area contributed by atoms with Gasteiger partial charge in [-0.1, -0.05) is 30.3 Å². The largest absolute Gasteiger partial charge is 0.313 e. The zero-order valence-corrected chi connectivity index (χ0v) is 9.85. The molecule has 0 aliphatic rings. The molecule has 0 saturated heterocycles. The van der Waals surface area contributed by atoms with Crippen LogP contribution in [0.5, 0.6) is 0 Å². The molecule has 2 aromatic heterocycles. The molecule has 2 heterocycles. The summed E-state index contributed by atoms with van der Waals surface area (Å²) in [6.45, 7) is 0. The van der Waals surface area contributed by atoms with E-state index in [1.54, 1.807) is 12.3 Å². The Kier molecular flexibility index (Phi) is 2.64. The van der Waals surface area contributed by atoms with E-state index in [1.165, 1.54) is 6.20 Å². The highest BCUT2D eigenvalue weighted by Crippen LogP contribution is 2.25. The molecule has 0 fully saturated rings. The zero-order valence-electron chi connectivity index (χ0n) is 9.85. The summed E-state index contributed by atoms with van der Waals surface area (Å²) in [6, 6.07) is 13.2. The molecule has 0 amide bonds. The molecular weight excluding hydrogens is 242 g/mol. The number of fused-ring (bicyclic) bond motifs is 1. The molecule has 0 bridgehead atoms. The Balaban J connectivity index is 2.25. The maximum absolute atomic E-state index is 11.0. The van der Waals surface area contributed by atoms with Gasteiger partial charge in [0.05, 0.1) is 10.6 Å². The van der Waals surface area contributed by atoms with Gasteiger partial charge in [0, 0.05) is 17.1 Å². The third-order valence-corrected chi connectivity index (χ3v) is 2.85. The summed E-state index contributed by atoms with van der Waals surface area (Å²) in [5.74, 6) is 0. The van der Waals surface area contributed by atoms with Gasteiger partial charge in [0.1, 0.15) is 6.20 Å². The molecule has 0 saturated carbocycles. The molecule has 0 unspecified atom stereocenters. The van der Waals surface area contributed by atoms with Crippen molar-refractivity contribution in [2.24, 2.45) is 0 Å². The number of hydrogen-bond donors (Lipinski definition) is 0. The Bertz CT molecular complexity index is 757. The highest BCUT2D eigenvalue weighted by molar-refractivity contribution is 5.87. The molecule has 3 rings (SSSR count). The van der Waals surface area contributed by atoms with Crippen molar-refractivity contribution in [2.75, 3.05) is 0 Å². The summed E-state index contributed by atoms with van der Waals surface area (Å²) in [4.78, 5) is 18.8. The Hall–Kier alpha value is -2.82. The van der Waals surface area contributed by atoms with Crippen LogP contribution in [0.1, 0.15) is 0 Å². The van der Waals surface area contributed by atoms with Gasteiger partial charge in [0.2, 0.25) is 0 Å². The van der Waals surface area contributed by atoms with Gasteiger partial charge >= 0.3 is 5.69 Å². The zero-order chi connectivity index (χ0) is 13.2. The van der Waals surface area contributed by atoms with E-state index >= 15 is 0 Å². The van der Waals surface area contributed by atoms with Crippen molar-refractivity contribution in [1.29, 1.82) is 0 Å². The molecule has 0 N–H and O–H groups in total. The molecule has 92 valence electrons. The Morgan fingerprint density at radius 2 is 1.79 bits per heavy atom. The molecule has 0 aliphatic carbocycles. The third-order valence-electron chi connectivity index (χ3n) is 2.85. The monoisotopic (exact) mass is 251 g/mol. The van der Waals surface area contributed by atoms with Gasteiger partial charge < -0.3 is 0 Å². The van der Waals surface area contributed by atoms with Crippen molar-refractivity contribution in [1.82, 2.24) is 9.97 Å². The van der Waals surface area contributed by atoms with E-state index in [-0.39, 0.29) is 5.69 Å². The van der Waals surface area contributed by atoms with Crippen molar-refractivity contribution in [3.63, 3.8) is 0 Å². The fourth-order valence-corrected chi connectivity index (χ4v) is 1.93. The van der Waals surface area contributed by atoms with E-state index in [0.717, 1.165) is 5.56 Å². The normalized spacial score (nSPS) is 10.5. The minimum Gasteiger partial charge on any atom is -0.258 e. The lowest BCUT2D eigenvalue weighted by molar-refractivity contribution is -0.383. The van der Waals surface area contributed by atoms with Crippen LogP contribution >= 0.6 is 0 Å². The molecule has 5 heteroatoms. The molecular formula is C14H9N3O2. The third kappa shape index (κ3) is 2.01. The SMILES string of the molecule is O=[N+]([O-])c1cncc2ccc(-c3ccccc3)nc12. The predicted octanol–water partition coefficient (Wildman–Crippen LogP) is 3.21. The van der Waals surface area contributed by atoms with Gasteiger partial charge in [-0.3, -0.25) is 15.1 Å². The van der Waals surface area contributed by atoms with Crippen LogP contribution in [0.15, 0.2) is 54.9 Å². The Labute approximate surface area is 108 Å². The first kappa shape index (κ1) is 11.3. The van der Waals surface area contributed by atoms with Crippen LogP contribution < -0.4 is 0 Å². The van der Waals surface area contributed by atoms with Crippen molar-refractivity contribution in [3.05, 3.63) is 65.0 Å². The standard InChI is InChI=1S/C14H9N3O2/c18-17(19)13-9-15-8-11-6-7-12(16-14(11)13)10-4-2-1-3-5-10/h1-9H. The van der Waals surface area contributed by atoms with Crippen LogP contribution in [0.25, 0.3) is 22.2 Å². The average molecular weight is 251 g/mol. The first-order valence-electron chi connectivity index (χ1n) is 5.70. The van der Waals surface area contributed by atoms with E-state index in [2.05, 4.69) is 9.97 Å². The van der Waals surface area contributed by atoms with Crippen LogP contribution in [0.2, 0.25) is 0 Å². The summed E-state index contributed by atoms with van der Waals surface area (Å²) in [5.41, 5.74) is 1.93.